The van der Waals surface area contributed by atoms with Crippen LogP contribution in [0, 0.1) is 0 Å². The van der Waals surface area contributed by atoms with Gasteiger partial charge in [-0.15, -0.1) is 10.2 Å². The predicted molar refractivity (Wildman–Crippen MR) is 90.5 cm³/mol. The molecular formula is C17H13ClN4. The van der Waals surface area contributed by atoms with Crippen LogP contribution in [0.5, 0.6) is 0 Å². The van der Waals surface area contributed by atoms with Crippen LogP contribution in [0.1, 0.15) is 5.69 Å². The first kappa shape index (κ1) is 14.2. The second-order valence-corrected chi connectivity index (χ2v) is 5.02. The van der Waals surface area contributed by atoms with Crippen molar-refractivity contribution in [2.75, 3.05) is 0 Å². The maximum Gasteiger partial charge on any atom is 0.180 e. The highest BCUT2D eigenvalue weighted by Gasteiger charge is 2.17. The summed E-state index contributed by atoms with van der Waals surface area (Å²) in [5, 5.41) is 16.7. The number of benzene rings is 1. The average Bonchev–Trinajstić information content (AvgIpc) is 2.99. The Bertz CT molecular complexity index is 878. The molecule has 1 N–H and O–H groups in total. The first-order valence-electron chi connectivity index (χ1n) is 6.66. The van der Waals surface area contributed by atoms with Crippen molar-refractivity contribution < 1.29 is 0 Å². The van der Waals surface area contributed by atoms with Crippen LogP contribution in [0.15, 0.2) is 61.7 Å². The molecule has 22 heavy (non-hydrogen) atoms. The Hall–Kier alpha value is -2.72. The number of hydrogen-bond acceptors (Lipinski definition) is 3. The third-order valence-corrected chi connectivity index (χ3v) is 3.58. The van der Waals surface area contributed by atoms with Gasteiger partial charge in [-0.25, -0.2) is 0 Å². The van der Waals surface area contributed by atoms with Crippen LogP contribution in [0.25, 0.3) is 27.9 Å². The number of hydrogen-bond donors (Lipinski definition) is 1. The number of aromatic amines is 1. The molecule has 5 heteroatoms. The van der Waals surface area contributed by atoms with Crippen molar-refractivity contribution in [1.82, 2.24) is 20.4 Å². The van der Waals surface area contributed by atoms with Crippen LogP contribution < -0.4 is 0 Å². The van der Waals surface area contributed by atoms with Crippen molar-refractivity contribution in [3.63, 3.8) is 0 Å². The predicted octanol–water partition coefficient (Wildman–Crippen LogP) is 4.43. The van der Waals surface area contributed by atoms with Crippen LogP contribution in [0.4, 0.5) is 0 Å². The summed E-state index contributed by atoms with van der Waals surface area (Å²) < 4.78 is 0. The third kappa shape index (κ3) is 2.44. The first-order valence-corrected chi connectivity index (χ1v) is 7.04. The fraction of sp³-hybridized carbons (Fsp3) is 0. The van der Waals surface area contributed by atoms with Gasteiger partial charge in [0, 0.05) is 5.56 Å². The van der Waals surface area contributed by atoms with Crippen LogP contribution >= 0.6 is 11.6 Å². The van der Waals surface area contributed by atoms with E-state index in [-0.39, 0.29) is 0 Å². The number of rotatable bonds is 4. The van der Waals surface area contributed by atoms with Gasteiger partial charge in [0.05, 0.1) is 10.4 Å². The molecule has 2 aromatic heterocycles. The highest BCUT2D eigenvalue weighted by molar-refractivity contribution is 6.38. The Morgan fingerprint density at radius 1 is 1.18 bits per heavy atom. The Balaban J connectivity index is 2.20. The van der Waals surface area contributed by atoms with Crippen molar-refractivity contribution in [2.45, 2.75) is 0 Å². The third-order valence-electron chi connectivity index (χ3n) is 3.21. The van der Waals surface area contributed by atoms with Gasteiger partial charge in [-0.05, 0) is 5.57 Å². The monoisotopic (exact) mass is 308 g/mol. The quantitative estimate of drug-likeness (QED) is 0.725. The zero-order valence-corrected chi connectivity index (χ0v) is 12.5. The minimum absolute atomic E-state index is 0.508. The standard InChI is InChI=1S/C17H13ClN4/c1-3-4-8-11(2)15-13-14(18)16(12-9-6-5-7-10-12)20-22-17(13)21-19-15/h3-10H,1-2H2,(H,19,21,22)/b8-4-. The van der Waals surface area contributed by atoms with E-state index in [4.69, 9.17) is 11.6 Å². The number of nitrogens with one attached hydrogen (secondary N) is 1. The summed E-state index contributed by atoms with van der Waals surface area (Å²) in [7, 11) is 0. The van der Waals surface area contributed by atoms with Crippen LogP contribution in [-0.2, 0) is 0 Å². The van der Waals surface area contributed by atoms with Crippen LogP contribution in [0.2, 0.25) is 5.02 Å². The van der Waals surface area contributed by atoms with E-state index in [1.807, 2.05) is 36.4 Å². The molecule has 0 radical (unpaired) electrons. The lowest BCUT2D eigenvalue weighted by atomic mass is 10.1. The van der Waals surface area contributed by atoms with Crippen molar-refractivity contribution in [1.29, 1.82) is 0 Å². The Morgan fingerprint density at radius 3 is 2.68 bits per heavy atom. The van der Waals surface area contributed by atoms with E-state index in [0.29, 0.717) is 27.4 Å². The lowest BCUT2D eigenvalue weighted by molar-refractivity contribution is 1.02. The van der Waals surface area contributed by atoms with Gasteiger partial charge in [0.25, 0.3) is 0 Å². The molecule has 3 aromatic rings. The number of aromatic nitrogens is 4. The number of fused-ring (bicyclic) bond motifs is 1. The molecule has 0 unspecified atom stereocenters. The molecule has 0 spiro atoms. The van der Waals surface area contributed by atoms with E-state index in [2.05, 4.69) is 33.6 Å². The van der Waals surface area contributed by atoms with Crippen LogP contribution in [-0.4, -0.2) is 20.4 Å². The Morgan fingerprint density at radius 2 is 1.95 bits per heavy atom. The molecule has 0 aliphatic carbocycles. The van der Waals surface area contributed by atoms with Gasteiger partial charge in [-0.1, -0.05) is 73.3 Å². The highest BCUT2D eigenvalue weighted by atomic mass is 35.5. The molecule has 3 rings (SSSR count). The molecule has 4 nitrogen and oxygen atoms in total. The van der Waals surface area contributed by atoms with Gasteiger partial charge in [-0.2, -0.15) is 5.10 Å². The molecular weight excluding hydrogens is 296 g/mol. The second kappa shape index (κ2) is 5.95. The van der Waals surface area contributed by atoms with E-state index in [1.54, 1.807) is 12.2 Å². The summed E-state index contributed by atoms with van der Waals surface area (Å²) in [6.07, 6.45) is 5.29. The summed E-state index contributed by atoms with van der Waals surface area (Å²) in [5.74, 6) is 0. The molecule has 0 aliphatic heterocycles. The lowest BCUT2D eigenvalue weighted by Gasteiger charge is -2.04. The van der Waals surface area contributed by atoms with Gasteiger partial charge in [0.2, 0.25) is 0 Å². The first-order chi connectivity index (χ1) is 10.7. The second-order valence-electron chi connectivity index (χ2n) is 4.64. The normalized spacial score (nSPS) is 11.1. The van der Waals surface area contributed by atoms with Crippen molar-refractivity contribution in [3.05, 3.63) is 72.4 Å². The molecule has 0 aliphatic rings. The molecule has 0 atom stereocenters. The maximum absolute atomic E-state index is 6.55. The summed E-state index contributed by atoms with van der Waals surface area (Å²) >= 11 is 6.55. The summed E-state index contributed by atoms with van der Waals surface area (Å²) in [5.41, 5.74) is 3.44. The summed E-state index contributed by atoms with van der Waals surface area (Å²) in [4.78, 5) is 0. The van der Waals surface area contributed by atoms with Gasteiger partial charge < -0.3 is 0 Å². The van der Waals surface area contributed by atoms with Crippen molar-refractivity contribution in [3.8, 4) is 11.3 Å². The average molecular weight is 309 g/mol. The Kier molecular flexibility index (Phi) is 3.85. The minimum Gasteiger partial charge on any atom is -0.259 e. The molecule has 0 saturated carbocycles. The highest BCUT2D eigenvalue weighted by Crippen LogP contribution is 2.34. The van der Waals surface area contributed by atoms with E-state index in [0.717, 1.165) is 11.1 Å². The fourth-order valence-electron chi connectivity index (χ4n) is 2.15. The number of halogens is 1. The zero-order valence-electron chi connectivity index (χ0n) is 11.8. The van der Waals surface area contributed by atoms with E-state index in [9.17, 15) is 0 Å². The van der Waals surface area contributed by atoms with Gasteiger partial charge in [0.15, 0.2) is 5.65 Å². The molecule has 0 saturated heterocycles. The summed E-state index contributed by atoms with van der Waals surface area (Å²) in [6.45, 7) is 7.65. The molecule has 0 bridgehead atoms. The summed E-state index contributed by atoms with van der Waals surface area (Å²) in [6, 6.07) is 9.68. The smallest absolute Gasteiger partial charge is 0.180 e. The maximum atomic E-state index is 6.55. The van der Waals surface area contributed by atoms with Gasteiger partial charge in [-0.3, -0.25) is 5.10 Å². The zero-order chi connectivity index (χ0) is 15.5. The van der Waals surface area contributed by atoms with Crippen molar-refractivity contribution in [2.24, 2.45) is 0 Å². The van der Waals surface area contributed by atoms with E-state index < -0.39 is 0 Å². The SMILES string of the molecule is C=C/C=C\C(=C)c1n[nH]c2nnc(-c3ccccc3)c(Cl)c12. The fourth-order valence-corrected chi connectivity index (χ4v) is 2.48. The van der Waals surface area contributed by atoms with Crippen LogP contribution in [0.3, 0.4) is 0 Å². The van der Waals surface area contributed by atoms with E-state index in [1.165, 1.54) is 0 Å². The Labute approximate surface area is 132 Å². The number of nitrogens with zero attached hydrogens (tertiary/aromatic N) is 3. The molecule has 2 heterocycles. The molecule has 0 fully saturated rings. The largest absolute Gasteiger partial charge is 0.259 e. The number of H-pyrrole nitrogens is 1. The minimum atomic E-state index is 0.508. The lowest BCUT2D eigenvalue weighted by Crippen LogP contribution is -1.91. The molecule has 1 aromatic carbocycles. The van der Waals surface area contributed by atoms with Crippen molar-refractivity contribution >= 4 is 28.2 Å². The van der Waals surface area contributed by atoms with Gasteiger partial charge in [0.1, 0.15) is 11.4 Å². The molecule has 108 valence electrons. The number of allylic oxidation sites excluding steroid dienone is 4. The van der Waals surface area contributed by atoms with Gasteiger partial charge >= 0.3 is 0 Å². The molecule has 0 amide bonds. The topological polar surface area (TPSA) is 54.5 Å². The van der Waals surface area contributed by atoms with E-state index >= 15 is 0 Å².